The maximum Gasteiger partial charge on any atom is 0.256 e. The summed E-state index contributed by atoms with van der Waals surface area (Å²) >= 11 is 3.37. The van der Waals surface area contributed by atoms with Crippen molar-refractivity contribution in [3.63, 3.8) is 0 Å². The van der Waals surface area contributed by atoms with Gasteiger partial charge in [-0.3, -0.25) is 4.79 Å². The Labute approximate surface area is 126 Å². The highest BCUT2D eigenvalue weighted by Gasteiger charge is 2.13. The second-order valence-electron chi connectivity index (χ2n) is 4.32. The third-order valence-electron chi connectivity index (χ3n) is 3.04. The SMILES string of the molecule is COc1ccc(Br)c(C(=O)Nc2cccc(N)c2C)c1. The summed E-state index contributed by atoms with van der Waals surface area (Å²) in [5, 5.41) is 2.85. The summed E-state index contributed by atoms with van der Waals surface area (Å²) in [5.41, 5.74) is 8.53. The first kappa shape index (κ1) is 14.4. The summed E-state index contributed by atoms with van der Waals surface area (Å²) in [4.78, 5) is 12.3. The van der Waals surface area contributed by atoms with Gasteiger partial charge in [0.05, 0.1) is 12.7 Å². The van der Waals surface area contributed by atoms with Gasteiger partial charge in [0.2, 0.25) is 0 Å². The topological polar surface area (TPSA) is 64.3 Å². The van der Waals surface area contributed by atoms with Gasteiger partial charge < -0.3 is 15.8 Å². The number of rotatable bonds is 3. The van der Waals surface area contributed by atoms with Crippen molar-refractivity contribution in [2.45, 2.75) is 6.92 Å². The van der Waals surface area contributed by atoms with Gasteiger partial charge in [-0.1, -0.05) is 6.07 Å². The van der Waals surface area contributed by atoms with Crippen molar-refractivity contribution in [2.24, 2.45) is 0 Å². The number of nitrogen functional groups attached to an aromatic ring is 1. The second kappa shape index (κ2) is 5.96. The fourth-order valence-electron chi connectivity index (χ4n) is 1.78. The molecule has 20 heavy (non-hydrogen) atoms. The zero-order valence-electron chi connectivity index (χ0n) is 11.2. The van der Waals surface area contributed by atoms with Crippen LogP contribution >= 0.6 is 15.9 Å². The van der Waals surface area contributed by atoms with Crippen molar-refractivity contribution in [3.8, 4) is 5.75 Å². The predicted molar refractivity (Wildman–Crippen MR) is 84.2 cm³/mol. The molecule has 2 rings (SSSR count). The lowest BCUT2D eigenvalue weighted by Crippen LogP contribution is -2.14. The molecule has 1 amide bonds. The van der Waals surface area contributed by atoms with Crippen molar-refractivity contribution < 1.29 is 9.53 Å². The molecule has 0 spiro atoms. The normalized spacial score (nSPS) is 10.2. The molecular weight excluding hydrogens is 320 g/mol. The number of carbonyl (C=O) groups excluding carboxylic acids is 1. The van der Waals surface area contributed by atoms with Crippen LogP contribution in [0.5, 0.6) is 5.75 Å². The van der Waals surface area contributed by atoms with Crippen molar-refractivity contribution >= 4 is 33.2 Å². The molecule has 0 aliphatic rings. The number of ether oxygens (including phenoxy) is 1. The Balaban J connectivity index is 2.30. The number of carbonyl (C=O) groups is 1. The van der Waals surface area contributed by atoms with Crippen molar-refractivity contribution in [2.75, 3.05) is 18.2 Å². The number of nitrogens with two attached hydrogens (primary N) is 1. The Bertz CT molecular complexity index is 656. The molecule has 0 saturated heterocycles. The summed E-state index contributed by atoms with van der Waals surface area (Å²) in [6.45, 7) is 1.87. The summed E-state index contributed by atoms with van der Waals surface area (Å²) in [6.07, 6.45) is 0. The van der Waals surface area contributed by atoms with Crippen LogP contribution in [0.25, 0.3) is 0 Å². The molecular formula is C15H15BrN2O2. The molecule has 0 aliphatic carbocycles. The average molecular weight is 335 g/mol. The number of hydrogen-bond acceptors (Lipinski definition) is 3. The van der Waals surface area contributed by atoms with E-state index in [0.29, 0.717) is 27.2 Å². The number of methoxy groups -OCH3 is 1. The van der Waals surface area contributed by atoms with Gasteiger partial charge in [0.1, 0.15) is 5.75 Å². The van der Waals surface area contributed by atoms with E-state index in [2.05, 4.69) is 21.2 Å². The molecule has 2 aromatic carbocycles. The zero-order valence-corrected chi connectivity index (χ0v) is 12.8. The van der Waals surface area contributed by atoms with Crippen molar-refractivity contribution in [1.82, 2.24) is 0 Å². The number of nitrogens with one attached hydrogen (secondary N) is 1. The molecule has 104 valence electrons. The third kappa shape index (κ3) is 2.93. The fraction of sp³-hybridized carbons (Fsp3) is 0.133. The van der Waals surface area contributed by atoms with E-state index in [1.807, 2.05) is 13.0 Å². The van der Waals surface area contributed by atoms with E-state index in [-0.39, 0.29) is 5.91 Å². The first-order valence-corrected chi connectivity index (χ1v) is 6.82. The molecule has 0 atom stereocenters. The Morgan fingerprint density at radius 1 is 1.30 bits per heavy atom. The van der Waals surface area contributed by atoms with Crippen LogP contribution in [0.15, 0.2) is 40.9 Å². The Hall–Kier alpha value is -2.01. The number of amides is 1. The number of anilines is 2. The highest BCUT2D eigenvalue weighted by molar-refractivity contribution is 9.10. The first-order valence-electron chi connectivity index (χ1n) is 6.03. The van der Waals surface area contributed by atoms with Gasteiger partial charge >= 0.3 is 0 Å². The second-order valence-corrected chi connectivity index (χ2v) is 5.17. The molecule has 0 unspecified atom stereocenters. The van der Waals surface area contributed by atoms with Gasteiger partial charge in [-0.2, -0.15) is 0 Å². The average Bonchev–Trinajstić information content (AvgIpc) is 2.44. The van der Waals surface area contributed by atoms with Crippen molar-refractivity contribution in [3.05, 3.63) is 52.0 Å². The largest absolute Gasteiger partial charge is 0.497 e. The molecule has 2 aromatic rings. The maximum absolute atomic E-state index is 12.3. The van der Waals surface area contributed by atoms with E-state index in [1.54, 1.807) is 37.4 Å². The molecule has 3 N–H and O–H groups in total. The van der Waals surface area contributed by atoms with Crippen LogP contribution in [0.4, 0.5) is 11.4 Å². The monoisotopic (exact) mass is 334 g/mol. The number of benzene rings is 2. The quantitative estimate of drug-likeness (QED) is 0.843. The van der Waals surface area contributed by atoms with Crippen molar-refractivity contribution in [1.29, 1.82) is 0 Å². The van der Waals surface area contributed by atoms with Gasteiger partial charge in [0.15, 0.2) is 0 Å². The van der Waals surface area contributed by atoms with Crippen LogP contribution in [-0.2, 0) is 0 Å². The highest BCUT2D eigenvalue weighted by atomic mass is 79.9. The summed E-state index contributed by atoms with van der Waals surface area (Å²) in [7, 11) is 1.56. The molecule has 0 radical (unpaired) electrons. The summed E-state index contributed by atoms with van der Waals surface area (Å²) < 4.78 is 5.84. The van der Waals surface area contributed by atoms with Gasteiger partial charge in [-0.05, 0) is 58.7 Å². The Kier molecular flexibility index (Phi) is 4.29. The van der Waals surface area contributed by atoms with Crippen LogP contribution < -0.4 is 15.8 Å². The lowest BCUT2D eigenvalue weighted by molar-refractivity contribution is 0.102. The lowest BCUT2D eigenvalue weighted by Gasteiger charge is -2.11. The molecule has 4 nitrogen and oxygen atoms in total. The smallest absolute Gasteiger partial charge is 0.256 e. The van der Waals surface area contributed by atoms with Gasteiger partial charge in [0, 0.05) is 15.8 Å². The molecule has 0 heterocycles. The minimum Gasteiger partial charge on any atom is -0.497 e. The molecule has 0 saturated carbocycles. The van der Waals surface area contributed by atoms with E-state index in [4.69, 9.17) is 10.5 Å². The summed E-state index contributed by atoms with van der Waals surface area (Å²) in [5.74, 6) is 0.409. The number of halogens is 1. The Morgan fingerprint density at radius 2 is 2.05 bits per heavy atom. The van der Waals surface area contributed by atoms with Gasteiger partial charge in [-0.15, -0.1) is 0 Å². The van der Waals surface area contributed by atoms with E-state index >= 15 is 0 Å². The standard InChI is InChI=1S/C15H15BrN2O2/c1-9-13(17)4-3-5-14(9)18-15(19)11-8-10(20-2)6-7-12(11)16/h3-8H,17H2,1-2H3,(H,18,19). The lowest BCUT2D eigenvalue weighted by atomic mass is 10.1. The molecule has 0 aromatic heterocycles. The van der Waals surface area contributed by atoms with E-state index in [0.717, 1.165) is 5.56 Å². The Morgan fingerprint density at radius 3 is 2.75 bits per heavy atom. The molecule has 0 bridgehead atoms. The van der Waals surface area contributed by atoms with E-state index in [1.165, 1.54) is 0 Å². The minimum atomic E-state index is -0.218. The van der Waals surface area contributed by atoms with Crippen LogP contribution in [0.2, 0.25) is 0 Å². The minimum absolute atomic E-state index is 0.218. The predicted octanol–water partition coefficient (Wildman–Crippen LogP) is 3.60. The van der Waals surface area contributed by atoms with Gasteiger partial charge in [-0.25, -0.2) is 0 Å². The molecule has 0 fully saturated rings. The summed E-state index contributed by atoms with van der Waals surface area (Å²) in [6, 6.07) is 10.7. The highest BCUT2D eigenvalue weighted by Crippen LogP contribution is 2.25. The van der Waals surface area contributed by atoms with Crippen LogP contribution in [0, 0.1) is 6.92 Å². The van der Waals surface area contributed by atoms with E-state index in [9.17, 15) is 4.79 Å². The molecule has 5 heteroatoms. The number of hydrogen-bond donors (Lipinski definition) is 2. The van der Waals surface area contributed by atoms with Crippen LogP contribution in [-0.4, -0.2) is 13.0 Å². The van der Waals surface area contributed by atoms with Crippen LogP contribution in [0.3, 0.4) is 0 Å². The zero-order chi connectivity index (χ0) is 14.7. The van der Waals surface area contributed by atoms with Crippen LogP contribution in [0.1, 0.15) is 15.9 Å². The molecule has 0 aliphatic heterocycles. The van der Waals surface area contributed by atoms with Gasteiger partial charge in [0.25, 0.3) is 5.91 Å². The van der Waals surface area contributed by atoms with E-state index < -0.39 is 0 Å². The fourth-order valence-corrected chi connectivity index (χ4v) is 2.21. The maximum atomic E-state index is 12.3. The first-order chi connectivity index (χ1) is 9.52. The third-order valence-corrected chi connectivity index (χ3v) is 3.73.